The number of hydrogen-bond donors (Lipinski definition) is 1. The molecule has 1 rings (SSSR count). The molecule has 3 unspecified atom stereocenters. The Kier molecular flexibility index (Phi) is 5.18. The average Bonchev–Trinajstić information content (AvgIpc) is 2.66. The second-order valence-corrected chi connectivity index (χ2v) is 4.24. The lowest BCUT2D eigenvalue weighted by Gasteiger charge is -2.24. The van der Waals surface area contributed by atoms with Crippen molar-refractivity contribution in [1.29, 1.82) is 0 Å². The van der Waals surface area contributed by atoms with Crippen LogP contribution in [0.4, 0.5) is 13.2 Å². The summed E-state index contributed by atoms with van der Waals surface area (Å²) in [5.74, 6) is -1.49. The van der Waals surface area contributed by atoms with Gasteiger partial charge in [-0.15, -0.1) is 0 Å². The third-order valence-electron chi connectivity index (χ3n) is 3.12. The van der Waals surface area contributed by atoms with Crippen LogP contribution in [0.5, 0.6) is 0 Å². The first-order valence-electron chi connectivity index (χ1n) is 5.47. The number of likely N-dealkylation sites (tertiary alicyclic amines) is 1. The molecule has 1 saturated heterocycles. The lowest BCUT2D eigenvalue weighted by Crippen LogP contribution is -2.40. The van der Waals surface area contributed by atoms with E-state index in [2.05, 4.69) is 0 Å². The second kappa shape index (κ2) is 5.99. The fraction of sp³-hybridized carbons (Fsp3) is 1.00. The number of nitrogens with two attached hydrogens (primary N) is 1. The smallest absolute Gasteiger partial charge is 0.377 e. The van der Waals surface area contributed by atoms with Gasteiger partial charge in [-0.05, 0) is 0 Å². The summed E-state index contributed by atoms with van der Waals surface area (Å²) in [6, 6.07) is 0. The van der Waals surface area contributed by atoms with Crippen LogP contribution in [0.15, 0.2) is 0 Å². The molecule has 0 spiro atoms. The van der Waals surface area contributed by atoms with Crippen molar-refractivity contribution < 1.29 is 22.6 Å². The number of halogens is 3. The van der Waals surface area contributed by atoms with Gasteiger partial charge in [0.05, 0.1) is 18.1 Å². The van der Waals surface area contributed by atoms with Crippen LogP contribution in [0.1, 0.15) is 0 Å². The van der Waals surface area contributed by atoms with Crippen LogP contribution in [0, 0.1) is 5.92 Å². The number of methoxy groups -OCH3 is 2. The molecule has 1 aliphatic heterocycles. The Morgan fingerprint density at radius 2 is 1.71 bits per heavy atom. The normalized spacial score (nSPS) is 28.6. The maximum atomic E-state index is 12.6. The summed E-state index contributed by atoms with van der Waals surface area (Å²) < 4.78 is 48.0. The Morgan fingerprint density at radius 1 is 1.24 bits per heavy atom. The lowest BCUT2D eigenvalue weighted by molar-refractivity contribution is -0.175. The lowest BCUT2D eigenvalue weighted by atomic mass is 10.1. The van der Waals surface area contributed by atoms with Gasteiger partial charge >= 0.3 is 6.18 Å². The van der Waals surface area contributed by atoms with Crippen LogP contribution in [0.2, 0.25) is 0 Å². The van der Waals surface area contributed by atoms with E-state index in [1.54, 1.807) is 4.90 Å². The molecule has 4 nitrogen and oxygen atoms in total. The standard InChI is InChI=1S/C10H19F3N2O2/c1-16-8-5-15(6-9(8)17-2)4-7(3-14)10(11,12)13/h7-9H,3-6,14H2,1-2H3. The van der Waals surface area contributed by atoms with Crippen molar-refractivity contribution >= 4 is 0 Å². The van der Waals surface area contributed by atoms with Gasteiger partial charge in [-0.2, -0.15) is 13.2 Å². The predicted octanol–water partition coefficient (Wildman–Crippen LogP) is 0.469. The van der Waals surface area contributed by atoms with Crippen molar-refractivity contribution in [2.45, 2.75) is 18.4 Å². The number of hydrogen-bond acceptors (Lipinski definition) is 4. The minimum Gasteiger partial charge on any atom is -0.377 e. The van der Waals surface area contributed by atoms with E-state index < -0.39 is 18.6 Å². The Morgan fingerprint density at radius 3 is 2.00 bits per heavy atom. The molecule has 0 aromatic heterocycles. The number of alkyl halides is 3. The molecule has 0 radical (unpaired) electrons. The fourth-order valence-electron chi connectivity index (χ4n) is 2.04. The highest BCUT2D eigenvalue weighted by Gasteiger charge is 2.42. The first kappa shape index (κ1) is 14.7. The Bertz CT molecular complexity index is 226. The van der Waals surface area contributed by atoms with Gasteiger partial charge in [0.25, 0.3) is 0 Å². The van der Waals surface area contributed by atoms with E-state index >= 15 is 0 Å². The highest BCUT2D eigenvalue weighted by Crippen LogP contribution is 2.27. The van der Waals surface area contributed by atoms with E-state index in [1.807, 2.05) is 0 Å². The summed E-state index contributed by atoms with van der Waals surface area (Å²) >= 11 is 0. The van der Waals surface area contributed by atoms with Gasteiger partial charge in [-0.3, -0.25) is 4.90 Å². The van der Waals surface area contributed by atoms with Crippen LogP contribution < -0.4 is 5.73 Å². The molecule has 7 heteroatoms. The van der Waals surface area contributed by atoms with Crippen LogP contribution >= 0.6 is 0 Å². The molecule has 3 atom stereocenters. The second-order valence-electron chi connectivity index (χ2n) is 4.24. The number of ether oxygens (including phenoxy) is 2. The van der Waals surface area contributed by atoms with Crippen molar-refractivity contribution in [3.05, 3.63) is 0 Å². The maximum absolute atomic E-state index is 12.6. The van der Waals surface area contributed by atoms with Crippen molar-refractivity contribution in [3.8, 4) is 0 Å². The zero-order chi connectivity index (χ0) is 13.1. The van der Waals surface area contributed by atoms with Crippen LogP contribution in [0.25, 0.3) is 0 Å². The highest BCUT2D eigenvalue weighted by atomic mass is 19.4. The summed E-state index contributed by atoms with van der Waals surface area (Å²) in [5.41, 5.74) is 5.16. The van der Waals surface area contributed by atoms with E-state index in [0.29, 0.717) is 13.1 Å². The van der Waals surface area contributed by atoms with Gasteiger partial charge in [-0.25, -0.2) is 0 Å². The van der Waals surface area contributed by atoms with E-state index in [-0.39, 0.29) is 18.8 Å². The molecule has 0 bridgehead atoms. The van der Waals surface area contributed by atoms with Gasteiger partial charge in [0.15, 0.2) is 0 Å². The molecular weight excluding hydrogens is 237 g/mol. The minimum absolute atomic E-state index is 0.0975. The molecule has 102 valence electrons. The SMILES string of the molecule is COC1CN(CC(CN)C(F)(F)F)CC1OC. The molecule has 1 aliphatic rings. The highest BCUT2D eigenvalue weighted by molar-refractivity contribution is 4.87. The number of nitrogens with zero attached hydrogens (tertiary/aromatic N) is 1. The van der Waals surface area contributed by atoms with Crippen LogP contribution in [-0.2, 0) is 9.47 Å². The fourth-order valence-corrected chi connectivity index (χ4v) is 2.04. The molecule has 0 aromatic rings. The molecular formula is C10H19F3N2O2. The molecule has 0 amide bonds. The quantitative estimate of drug-likeness (QED) is 0.777. The average molecular weight is 256 g/mol. The molecule has 0 saturated carbocycles. The first-order valence-corrected chi connectivity index (χ1v) is 5.47. The van der Waals surface area contributed by atoms with Crippen molar-refractivity contribution in [2.24, 2.45) is 11.7 Å². The topological polar surface area (TPSA) is 47.7 Å². The zero-order valence-corrected chi connectivity index (χ0v) is 10.0. The molecule has 0 aromatic carbocycles. The zero-order valence-electron chi connectivity index (χ0n) is 10.0. The van der Waals surface area contributed by atoms with E-state index in [0.717, 1.165) is 0 Å². The van der Waals surface area contributed by atoms with Gasteiger partial charge in [-0.1, -0.05) is 0 Å². The van der Waals surface area contributed by atoms with Gasteiger partial charge in [0, 0.05) is 40.4 Å². The van der Waals surface area contributed by atoms with Crippen molar-refractivity contribution in [1.82, 2.24) is 4.90 Å². The van der Waals surface area contributed by atoms with E-state index in [4.69, 9.17) is 15.2 Å². The summed E-state index contributed by atoms with van der Waals surface area (Å²) in [6.45, 7) is 0.401. The maximum Gasteiger partial charge on any atom is 0.394 e. The molecule has 0 aliphatic carbocycles. The van der Waals surface area contributed by atoms with Crippen LogP contribution in [-0.4, -0.2) is 63.7 Å². The molecule has 17 heavy (non-hydrogen) atoms. The summed E-state index contributed by atoms with van der Waals surface area (Å²) in [6.07, 6.45) is -4.60. The molecule has 1 fully saturated rings. The predicted molar refractivity (Wildman–Crippen MR) is 56.6 cm³/mol. The Hall–Kier alpha value is -0.370. The Balaban J connectivity index is 2.53. The van der Waals surface area contributed by atoms with E-state index in [9.17, 15) is 13.2 Å². The third-order valence-corrected chi connectivity index (χ3v) is 3.12. The van der Waals surface area contributed by atoms with Gasteiger partial charge in [0.1, 0.15) is 0 Å². The van der Waals surface area contributed by atoms with E-state index in [1.165, 1.54) is 14.2 Å². The molecule has 1 heterocycles. The first-order chi connectivity index (χ1) is 7.92. The largest absolute Gasteiger partial charge is 0.394 e. The van der Waals surface area contributed by atoms with Crippen molar-refractivity contribution in [2.75, 3.05) is 40.4 Å². The van der Waals surface area contributed by atoms with Crippen LogP contribution in [0.3, 0.4) is 0 Å². The minimum atomic E-state index is -4.25. The summed E-state index contributed by atoms with van der Waals surface area (Å²) in [7, 11) is 3.06. The van der Waals surface area contributed by atoms with Gasteiger partial charge in [0.2, 0.25) is 0 Å². The summed E-state index contributed by atoms with van der Waals surface area (Å²) in [5, 5.41) is 0. The van der Waals surface area contributed by atoms with Crippen molar-refractivity contribution in [3.63, 3.8) is 0 Å². The number of rotatable bonds is 5. The Labute approximate surface area is 98.8 Å². The monoisotopic (exact) mass is 256 g/mol. The van der Waals surface area contributed by atoms with Gasteiger partial charge < -0.3 is 15.2 Å². The molecule has 2 N–H and O–H groups in total. The third kappa shape index (κ3) is 3.80. The summed E-state index contributed by atoms with van der Waals surface area (Å²) in [4.78, 5) is 1.69.